The van der Waals surface area contributed by atoms with Gasteiger partial charge in [0.05, 0.1) is 0 Å². The standard InChI is InChI=1S/C13H17N5O3S2/c19-13(12-9-8-14-4-3-10(9)17-18-12)15-5-6-16-23(20,21)11-2-1-7-22-11/h1-2,7,14,16H,3-6,8H2,(H,15,19)(H,17,18). The van der Waals surface area contributed by atoms with Gasteiger partial charge in [-0.15, -0.1) is 11.3 Å². The quantitative estimate of drug-likeness (QED) is 0.537. The summed E-state index contributed by atoms with van der Waals surface area (Å²) < 4.78 is 26.6. The van der Waals surface area contributed by atoms with Gasteiger partial charge in [0.15, 0.2) is 5.69 Å². The molecule has 0 saturated carbocycles. The predicted octanol–water partition coefficient (Wildman–Crippen LogP) is -0.175. The average Bonchev–Trinajstić information content (AvgIpc) is 3.20. The van der Waals surface area contributed by atoms with E-state index >= 15 is 0 Å². The zero-order valence-electron chi connectivity index (χ0n) is 12.3. The van der Waals surface area contributed by atoms with Crippen LogP contribution in [0, 0.1) is 0 Å². The van der Waals surface area contributed by atoms with E-state index in [0.717, 1.165) is 35.6 Å². The van der Waals surface area contributed by atoms with Gasteiger partial charge in [0.25, 0.3) is 5.91 Å². The largest absolute Gasteiger partial charge is 0.349 e. The second-order valence-corrected chi connectivity index (χ2v) is 7.98. The molecule has 2 aromatic heterocycles. The number of rotatable bonds is 6. The van der Waals surface area contributed by atoms with Crippen LogP contribution >= 0.6 is 11.3 Å². The Bertz CT molecular complexity index is 783. The zero-order chi connectivity index (χ0) is 16.3. The Morgan fingerprint density at radius 2 is 2.26 bits per heavy atom. The van der Waals surface area contributed by atoms with E-state index in [4.69, 9.17) is 0 Å². The molecule has 3 rings (SSSR count). The molecule has 0 bridgehead atoms. The number of hydrogen-bond acceptors (Lipinski definition) is 6. The molecular formula is C13H17N5O3S2. The van der Waals surface area contributed by atoms with Crippen molar-refractivity contribution in [2.45, 2.75) is 17.2 Å². The molecule has 2 aromatic rings. The maximum atomic E-state index is 12.1. The molecule has 3 heterocycles. The van der Waals surface area contributed by atoms with Gasteiger partial charge in [-0.2, -0.15) is 5.10 Å². The van der Waals surface area contributed by atoms with Gasteiger partial charge < -0.3 is 10.6 Å². The number of aromatic amines is 1. The van der Waals surface area contributed by atoms with E-state index in [-0.39, 0.29) is 23.2 Å². The van der Waals surface area contributed by atoms with Crippen molar-refractivity contribution in [3.63, 3.8) is 0 Å². The average molecular weight is 355 g/mol. The normalized spacial score (nSPS) is 14.4. The van der Waals surface area contributed by atoms with Gasteiger partial charge in [-0.1, -0.05) is 6.07 Å². The van der Waals surface area contributed by atoms with Crippen molar-refractivity contribution in [2.24, 2.45) is 0 Å². The van der Waals surface area contributed by atoms with E-state index in [1.165, 1.54) is 6.07 Å². The van der Waals surface area contributed by atoms with E-state index in [0.29, 0.717) is 12.2 Å². The van der Waals surface area contributed by atoms with Crippen LogP contribution in [0.4, 0.5) is 0 Å². The summed E-state index contributed by atoms with van der Waals surface area (Å²) >= 11 is 1.15. The molecule has 0 aromatic carbocycles. The smallest absolute Gasteiger partial charge is 0.272 e. The van der Waals surface area contributed by atoms with Crippen molar-refractivity contribution in [2.75, 3.05) is 19.6 Å². The number of hydrogen-bond donors (Lipinski definition) is 4. The molecule has 0 atom stereocenters. The highest BCUT2D eigenvalue weighted by Gasteiger charge is 2.21. The van der Waals surface area contributed by atoms with Crippen LogP contribution in [-0.2, 0) is 23.0 Å². The summed E-state index contributed by atoms with van der Waals surface area (Å²) in [7, 11) is -3.50. The lowest BCUT2D eigenvalue weighted by Crippen LogP contribution is -2.35. The number of fused-ring (bicyclic) bond motifs is 1. The fourth-order valence-corrected chi connectivity index (χ4v) is 4.42. The highest BCUT2D eigenvalue weighted by Crippen LogP contribution is 2.15. The molecule has 0 spiro atoms. The first kappa shape index (κ1) is 16.1. The summed E-state index contributed by atoms with van der Waals surface area (Å²) in [5, 5.41) is 14.5. The lowest BCUT2D eigenvalue weighted by atomic mass is 10.1. The van der Waals surface area contributed by atoms with Crippen LogP contribution in [0.5, 0.6) is 0 Å². The van der Waals surface area contributed by atoms with Crippen LogP contribution in [0.3, 0.4) is 0 Å². The van der Waals surface area contributed by atoms with Crippen molar-refractivity contribution >= 4 is 27.3 Å². The van der Waals surface area contributed by atoms with Gasteiger partial charge in [-0.25, -0.2) is 13.1 Å². The Hall–Kier alpha value is -1.75. The Balaban J connectivity index is 1.51. The van der Waals surface area contributed by atoms with Crippen LogP contribution in [0.25, 0.3) is 0 Å². The third-order valence-corrected chi connectivity index (χ3v) is 6.34. The molecule has 1 amide bonds. The Morgan fingerprint density at radius 1 is 1.39 bits per heavy atom. The predicted molar refractivity (Wildman–Crippen MR) is 85.8 cm³/mol. The lowest BCUT2D eigenvalue weighted by Gasteiger charge is -2.12. The number of carbonyl (C=O) groups is 1. The van der Waals surface area contributed by atoms with E-state index in [9.17, 15) is 13.2 Å². The molecule has 0 unspecified atom stereocenters. The molecule has 23 heavy (non-hydrogen) atoms. The van der Waals surface area contributed by atoms with E-state index in [2.05, 4.69) is 25.6 Å². The van der Waals surface area contributed by atoms with Crippen LogP contribution in [0.15, 0.2) is 21.7 Å². The van der Waals surface area contributed by atoms with Gasteiger partial charge in [0, 0.05) is 43.9 Å². The minimum atomic E-state index is -3.50. The third kappa shape index (κ3) is 3.61. The summed E-state index contributed by atoms with van der Waals surface area (Å²) in [5.41, 5.74) is 2.23. The fraction of sp³-hybridized carbons (Fsp3) is 0.385. The molecular weight excluding hydrogens is 338 g/mol. The SMILES string of the molecule is O=C(NCCNS(=O)(=O)c1cccs1)c1n[nH]c2c1CNCC2. The maximum Gasteiger partial charge on any atom is 0.272 e. The number of thiophene rings is 1. The first-order valence-electron chi connectivity index (χ1n) is 7.16. The molecule has 10 heteroatoms. The molecule has 8 nitrogen and oxygen atoms in total. The fourth-order valence-electron chi connectivity index (χ4n) is 2.35. The highest BCUT2D eigenvalue weighted by molar-refractivity contribution is 7.91. The highest BCUT2D eigenvalue weighted by atomic mass is 32.2. The van der Waals surface area contributed by atoms with Crippen molar-refractivity contribution in [3.8, 4) is 0 Å². The minimum absolute atomic E-state index is 0.122. The number of nitrogens with zero attached hydrogens (tertiary/aromatic N) is 1. The molecule has 124 valence electrons. The Kier molecular flexibility index (Phi) is 4.76. The van der Waals surface area contributed by atoms with E-state index in [1.54, 1.807) is 11.4 Å². The van der Waals surface area contributed by atoms with Crippen LogP contribution in [0.2, 0.25) is 0 Å². The minimum Gasteiger partial charge on any atom is -0.349 e. The van der Waals surface area contributed by atoms with Crippen molar-refractivity contribution in [1.82, 2.24) is 25.6 Å². The molecule has 1 aliphatic heterocycles. The summed E-state index contributed by atoms with van der Waals surface area (Å²) in [4.78, 5) is 12.1. The molecule has 0 saturated heterocycles. The maximum absolute atomic E-state index is 12.1. The third-order valence-electron chi connectivity index (χ3n) is 3.48. The summed E-state index contributed by atoms with van der Waals surface area (Å²) in [6.45, 7) is 1.79. The van der Waals surface area contributed by atoms with E-state index in [1.807, 2.05) is 0 Å². The van der Waals surface area contributed by atoms with Crippen LogP contribution < -0.4 is 15.4 Å². The number of carbonyl (C=O) groups excluding carboxylic acids is 1. The van der Waals surface area contributed by atoms with E-state index < -0.39 is 10.0 Å². The van der Waals surface area contributed by atoms with Crippen molar-refractivity contribution < 1.29 is 13.2 Å². The molecule has 0 radical (unpaired) electrons. The van der Waals surface area contributed by atoms with Gasteiger partial charge >= 0.3 is 0 Å². The Labute approximate surface area is 137 Å². The topological polar surface area (TPSA) is 116 Å². The Morgan fingerprint density at radius 3 is 3.04 bits per heavy atom. The first-order chi connectivity index (χ1) is 11.1. The molecule has 0 aliphatic carbocycles. The number of nitrogens with one attached hydrogen (secondary N) is 4. The van der Waals surface area contributed by atoms with Crippen molar-refractivity contribution in [1.29, 1.82) is 0 Å². The van der Waals surface area contributed by atoms with Gasteiger partial charge in [0.2, 0.25) is 10.0 Å². The molecule has 0 fully saturated rings. The summed E-state index contributed by atoms with van der Waals surface area (Å²) in [6.07, 6.45) is 0.816. The van der Waals surface area contributed by atoms with Gasteiger partial charge in [-0.3, -0.25) is 9.89 Å². The number of sulfonamides is 1. The van der Waals surface area contributed by atoms with Crippen LogP contribution in [-0.4, -0.2) is 44.2 Å². The second-order valence-electron chi connectivity index (χ2n) is 5.04. The summed E-state index contributed by atoms with van der Waals surface area (Å²) in [5.74, 6) is -0.304. The number of H-pyrrole nitrogens is 1. The van der Waals surface area contributed by atoms with Crippen LogP contribution in [0.1, 0.15) is 21.7 Å². The number of amides is 1. The zero-order valence-corrected chi connectivity index (χ0v) is 13.9. The second kappa shape index (κ2) is 6.79. The summed E-state index contributed by atoms with van der Waals surface area (Å²) in [6, 6.07) is 3.21. The first-order valence-corrected chi connectivity index (χ1v) is 9.52. The van der Waals surface area contributed by atoms with Gasteiger partial charge in [-0.05, 0) is 11.4 Å². The van der Waals surface area contributed by atoms with Gasteiger partial charge in [0.1, 0.15) is 4.21 Å². The monoisotopic (exact) mass is 355 g/mol. The molecule has 4 N–H and O–H groups in total. The molecule has 1 aliphatic rings. The van der Waals surface area contributed by atoms with Crippen molar-refractivity contribution in [3.05, 3.63) is 34.5 Å². The lowest BCUT2D eigenvalue weighted by molar-refractivity contribution is 0.0948. The number of aromatic nitrogens is 2.